The first-order valence-corrected chi connectivity index (χ1v) is 5.99. The minimum atomic E-state index is 0.209. The highest BCUT2D eigenvalue weighted by atomic mass is 14.8. The normalized spacial score (nSPS) is 40.6. The average Bonchev–Trinajstić information content (AvgIpc) is 2.91. The number of nitrogens with two attached hydrogens (primary N) is 1. The molecule has 2 N–H and O–H groups in total. The van der Waals surface area contributed by atoms with E-state index < -0.39 is 0 Å². The van der Waals surface area contributed by atoms with Gasteiger partial charge in [-0.1, -0.05) is 32.6 Å². The second kappa shape index (κ2) is 3.61. The van der Waals surface area contributed by atoms with Crippen LogP contribution in [0.2, 0.25) is 0 Å². The van der Waals surface area contributed by atoms with Crippen molar-refractivity contribution in [2.75, 3.05) is 0 Å². The molecule has 0 aromatic carbocycles. The Morgan fingerprint density at radius 1 is 1.23 bits per heavy atom. The third-order valence-corrected chi connectivity index (χ3v) is 4.23. The lowest BCUT2D eigenvalue weighted by atomic mass is 9.71. The standard InChI is InChI=1S/C12H23N/c1-10-4-2-3-8-12(10,13)9-7-11-5-6-11/h10-11H,2-9,13H2,1H3. The van der Waals surface area contributed by atoms with Crippen molar-refractivity contribution in [1.29, 1.82) is 0 Å². The van der Waals surface area contributed by atoms with Gasteiger partial charge < -0.3 is 5.73 Å². The zero-order chi connectivity index (χ0) is 9.31. The zero-order valence-electron chi connectivity index (χ0n) is 8.89. The smallest absolute Gasteiger partial charge is 0.0180 e. The average molecular weight is 181 g/mol. The van der Waals surface area contributed by atoms with Crippen molar-refractivity contribution in [3.8, 4) is 0 Å². The molecule has 1 nitrogen and oxygen atoms in total. The third-order valence-electron chi connectivity index (χ3n) is 4.23. The monoisotopic (exact) mass is 181 g/mol. The van der Waals surface area contributed by atoms with Crippen LogP contribution in [0.25, 0.3) is 0 Å². The first kappa shape index (κ1) is 9.51. The second-order valence-electron chi connectivity index (χ2n) is 5.36. The van der Waals surface area contributed by atoms with Gasteiger partial charge in [-0.15, -0.1) is 0 Å². The highest BCUT2D eigenvalue weighted by Crippen LogP contribution is 2.40. The summed E-state index contributed by atoms with van der Waals surface area (Å²) in [6, 6.07) is 0. The maximum absolute atomic E-state index is 6.48. The van der Waals surface area contributed by atoms with E-state index in [0.717, 1.165) is 11.8 Å². The molecule has 13 heavy (non-hydrogen) atoms. The van der Waals surface area contributed by atoms with Crippen molar-refractivity contribution >= 4 is 0 Å². The van der Waals surface area contributed by atoms with Gasteiger partial charge in [-0.3, -0.25) is 0 Å². The molecule has 0 bridgehead atoms. The molecule has 2 rings (SSSR count). The molecular weight excluding hydrogens is 158 g/mol. The van der Waals surface area contributed by atoms with Crippen molar-refractivity contribution in [2.24, 2.45) is 17.6 Å². The fraction of sp³-hybridized carbons (Fsp3) is 1.00. The lowest BCUT2D eigenvalue weighted by molar-refractivity contribution is 0.186. The molecule has 0 amide bonds. The van der Waals surface area contributed by atoms with Crippen molar-refractivity contribution in [2.45, 2.75) is 63.8 Å². The molecule has 0 aromatic heterocycles. The van der Waals surface area contributed by atoms with Gasteiger partial charge in [0.2, 0.25) is 0 Å². The van der Waals surface area contributed by atoms with E-state index in [4.69, 9.17) is 5.73 Å². The Morgan fingerprint density at radius 2 is 2.00 bits per heavy atom. The van der Waals surface area contributed by atoms with Gasteiger partial charge in [0, 0.05) is 5.54 Å². The summed E-state index contributed by atoms with van der Waals surface area (Å²) in [4.78, 5) is 0. The van der Waals surface area contributed by atoms with E-state index in [1.54, 1.807) is 0 Å². The van der Waals surface area contributed by atoms with Crippen LogP contribution >= 0.6 is 0 Å². The molecule has 0 heterocycles. The SMILES string of the molecule is CC1CCCCC1(N)CCC1CC1. The lowest BCUT2D eigenvalue weighted by Gasteiger charge is -2.39. The van der Waals surface area contributed by atoms with Crippen LogP contribution in [0.3, 0.4) is 0 Å². The number of hydrogen-bond donors (Lipinski definition) is 1. The predicted molar refractivity (Wildman–Crippen MR) is 56.5 cm³/mol. The quantitative estimate of drug-likeness (QED) is 0.711. The fourth-order valence-electron chi connectivity index (χ4n) is 2.69. The molecule has 2 aliphatic carbocycles. The van der Waals surface area contributed by atoms with Gasteiger partial charge in [0.25, 0.3) is 0 Å². The summed E-state index contributed by atoms with van der Waals surface area (Å²) in [5.41, 5.74) is 6.69. The molecular formula is C12H23N. The minimum absolute atomic E-state index is 0.209. The molecule has 2 saturated carbocycles. The molecule has 76 valence electrons. The minimum Gasteiger partial charge on any atom is -0.325 e. The summed E-state index contributed by atoms with van der Waals surface area (Å²) < 4.78 is 0. The first-order valence-electron chi connectivity index (χ1n) is 5.99. The number of hydrogen-bond acceptors (Lipinski definition) is 1. The van der Waals surface area contributed by atoms with E-state index in [1.165, 1.54) is 51.4 Å². The van der Waals surface area contributed by atoms with Crippen LogP contribution in [0.5, 0.6) is 0 Å². The van der Waals surface area contributed by atoms with E-state index >= 15 is 0 Å². The molecule has 0 aromatic rings. The maximum atomic E-state index is 6.48. The summed E-state index contributed by atoms with van der Waals surface area (Å²) in [6.45, 7) is 2.35. The van der Waals surface area contributed by atoms with Crippen molar-refractivity contribution < 1.29 is 0 Å². The largest absolute Gasteiger partial charge is 0.325 e. The Morgan fingerprint density at radius 3 is 2.62 bits per heavy atom. The third kappa shape index (κ3) is 2.25. The molecule has 0 radical (unpaired) electrons. The molecule has 2 atom stereocenters. The van der Waals surface area contributed by atoms with Gasteiger partial charge >= 0.3 is 0 Å². The fourth-order valence-corrected chi connectivity index (χ4v) is 2.69. The van der Waals surface area contributed by atoms with Gasteiger partial charge in [0.05, 0.1) is 0 Å². The van der Waals surface area contributed by atoms with Crippen LogP contribution in [-0.4, -0.2) is 5.54 Å². The van der Waals surface area contributed by atoms with Gasteiger partial charge in [0.1, 0.15) is 0 Å². The molecule has 1 heteroatoms. The van der Waals surface area contributed by atoms with E-state index in [2.05, 4.69) is 6.92 Å². The van der Waals surface area contributed by atoms with E-state index in [9.17, 15) is 0 Å². The molecule has 2 aliphatic rings. The highest BCUT2D eigenvalue weighted by molar-refractivity contribution is 4.93. The molecule has 2 fully saturated rings. The Kier molecular flexibility index (Phi) is 2.64. The van der Waals surface area contributed by atoms with Crippen LogP contribution < -0.4 is 5.73 Å². The Hall–Kier alpha value is -0.0400. The summed E-state index contributed by atoms with van der Waals surface area (Å²) in [5.74, 6) is 1.81. The van der Waals surface area contributed by atoms with Crippen LogP contribution in [0.15, 0.2) is 0 Å². The highest BCUT2D eigenvalue weighted by Gasteiger charge is 2.35. The lowest BCUT2D eigenvalue weighted by Crippen LogP contribution is -2.48. The summed E-state index contributed by atoms with van der Waals surface area (Å²) in [5, 5.41) is 0. The first-order chi connectivity index (χ1) is 6.21. The summed E-state index contributed by atoms with van der Waals surface area (Å²) in [7, 11) is 0. The topological polar surface area (TPSA) is 26.0 Å². The van der Waals surface area contributed by atoms with E-state index in [1.807, 2.05) is 0 Å². The van der Waals surface area contributed by atoms with Crippen molar-refractivity contribution in [3.05, 3.63) is 0 Å². The van der Waals surface area contributed by atoms with Crippen LogP contribution in [0, 0.1) is 11.8 Å². The van der Waals surface area contributed by atoms with Crippen LogP contribution in [-0.2, 0) is 0 Å². The Bertz CT molecular complexity index is 174. The van der Waals surface area contributed by atoms with Gasteiger partial charge in [-0.05, 0) is 37.5 Å². The second-order valence-corrected chi connectivity index (χ2v) is 5.36. The zero-order valence-corrected chi connectivity index (χ0v) is 8.89. The van der Waals surface area contributed by atoms with E-state index in [-0.39, 0.29) is 5.54 Å². The van der Waals surface area contributed by atoms with E-state index in [0.29, 0.717) is 0 Å². The summed E-state index contributed by atoms with van der Waals surface area (Å²) in [6.07, 6.45) is 11.1. The molecule has 0 spiro atoms. The van der Waals surface area contributed by atoms with Crippen LogP contribution in [0.1, 0.15) is 58.3 Å². The molecule has 0 saturated heterocycles. The van der Waals surface area contributed by atoms with Gasteiger partial charge in [0.15, 0.2) is 0 Å². The van der Waals surface area contributed by atoms with Crippen molar-refractivity contribution in [3.63, 3.8) is 0 Å². The van der Waals surface area contributed by atoms with Gasteiger partial charge in [-0.2, -0.15) is 0 Å². The van der Waals surface area contributed by atoms with Gasteiger partial charge in [-0.25, -0.2) is 0 Å². The molecule has 0 aliphatic heterocycles. The Balaban J connectivity index is 1.83. The predicted octanol–water partition coefficient (Wildman–Crippen LogP) is 3.08. The Labute approximate surface area is 82.1 Å². The molecule has 2 unspecified atom stereocenters. The van der Waals surface area contributed by atoms with Crippen LogP contribution in [0.4, 0.5) is 0 Å². The number of rotatable bonds is 3. The maximum Gasteiger partial charge on any atom is 0.0180 e. The summed E-state index contributed by atoms with van der Waals surface area (Å²) >= 11 is 0. The van der Waals surface area contributed by atoms with Crippen molar-refractivity contribution in [1.82, 2.24) is 0 Å².